The van der Waals surface area contributed by atoms with E-state index in [9.17, 15) is 0 Å². The molecule has 4 rings (SSSR count). The molecule has 0 saturated heterocycles. The van der Waals surface area contributed by atoms with E-state index < -0.39 is 0 Å². The van der Waals surface area contributed by atoms with Crippen LogP contribution in [0.2, 0.25) is 0 Å². The standard InChI is InChI=1S/C23H20N2/c1-18-17-24-23(25(18)21-15-9-4-10-16-21)22(19-11-5-2-6-12-19)20-13-7-3-8-14-20/h2-17,22H,1H3. The second-order valence-electron chi connectivity index (χ2n) is 6.18. The van der Waals surface area contributed by atoms with Gasteiger partial charge in [0.25, 0.3) is 0 Å². The van der Waals surface area contributed by atoms with Crippen molar-refractivity contribution in [3.63, 3.8) is 0 Å². The van der Waals surface area contributed by atoms with Crippen molar-refractivity contribution in [3.8, 4) is 5.69 Å². The van der Waals surface area contributed by atoms with E-state index in [1.165, 1.54) is 11.1 Å². The number of benzene rings is 3. The van der Waals surface area contributed by atoms with E-state index in [1.54, 1.807) is 0 Å². The summed E-state index contributed by atoms with van der Waals surface area (Å²) < 4.78 is 2.25. The maximum Gasteiger partial charge on any atom is 0.125 e. The van der Waals surface area contributed by atoms with E-state index in [0.717, 1.165) is 17.2 Å². The van der Waals surface area contributed by atoms with Crippen LogP contribution in [0.25, 0.3) is 5.69 Å². The molecule has 0 bridgehead atoms. The van der Waals surface area contributed by atoms with Gasteiger partial charge in [-0.25, -0.2) is 4.98 Å². The molecule has 4 aromatic rings. The topological polar surface area (TPSA) is 17.8 Å². The summed E-state index contributed by atoms with van der Waals surface area (Å²) in [7, 11) is 0. The zero-order chi connectivity index (χ0) is 17.1. The van der Waals surface area contributed by atoms with Crippen LogP contribution in [-0.4, -0.2) is 9.55 Å². The van der Waals surface area contributed by atoms with Crippen molar-refractivity contribution in [1.82, 2.24) is 9.55 Å². The predicted molar refractivity (Wildman–Crippen MR) is 102 cm³/mol. The minimum atomic E-state index is 0.0938. The van der Waals surface area contributed by atoms with Gasteiger partial charge >= 0.3 is 0 Å². The molecule has 0 aliphatic heterocycles. The Morgan fingerprint density at radius 2 is 1.16 bits per heavy atom. The highest BCUT2D eigenvalue weighted by molar-refractivity contribution is 5.43. The second-order valence-corrected chi connectivity index (χ2v) is 6.18. The summed E-state index contributed by atoms with van der Waals surface area (Å²) in [5.41, 5.74) is 4.77. The Morgan fingerprint density at radius 1 is 0.680 bits per heavy atom. The fraction of sp³-hybridized carbons (Fsp3) is 0.0870. The minimum absolute atomic E-state index is 0.0938. The van der Waals surface area contributed by atoms with E-state index >= 15 is 0 Å². The van der Waals surface area contributed by atoms with Gasteiger partial charge in [-0.2, -0.15) is 0 Å². The lowest BCUT2D eigenvalue weighted by Gasteiger charge is -2.20. The maximum absolute atomic E-state index is 4.81. The molecule has 0 aliphatic rings. The molecule has 1 aromatic heterocycles. The first-order valence-electron chi connectivity index (χ1n) is 8.54. The number of hydrogen-bond acceptors (Lipinski definition) is 1. The van der Waals surface area contributed by atoms with Crippen molar-refractivity contribution in [2.24, 2.45) is 0 Å². The highest BCUT2D eigenvalue weighted by atomic mass is 15.1. The first kappa shape index (κ1) is 15.4. The van der Waals surface area contributed by atoms with Crippen molar-refractivity contribution >= 4 is 0 Å². The quantitative estimate of drug-likeness (QED) is 0.494. The van der Waals surface area contributed by atoms with Gasteiger partial charge in [-0.05, 0) is 30.2 Å². The molecule has 122 valence electrons. The summed E-state index contributed by atoms with van der Waals surface area (Å²) in [6, 6.07) is 31.6. The van der Waals surface area contributed by atoms with Crippen LogP contribution in [0.5, 0.6) is 0 Å². The van der Waals surface area contributed by atoms with Crippen LogP contribution in [0.1, 0.15) is 28.6 Å². The number of aryl methyl sites for hydroxylation is 1. The molecule has 0 fully saturated rings. The molecule has 1 heterocycles. The Kier molecular flexibility index (Phi) is 4.17. The summed E-state index contributed by atoms with van der Waals surface area (Å²) in [5, 5.41) is 0. The number of imidazole rings is 1. The van der Waals surface area contributed by atoms with Crippen molar-refractivity contribution in [2.45, 2.75) is 12.8 Å². The molecule has 0 amide bonds. The fourth-order valence-corrected chi connectivity index (χ4v) is 3.35. The van der Waals surface area contributed by atoms with E-state index in [1.807, 2.05) is 12.3 Å². The van der Waals surface area contributed by atoms with Gasteiger partial charge in [-0.3, -0.25) is 0 Å². The molecule has 0 N–H and O–H groups in total. The van der Waals surface area contributed by atoms with Gasteiger partial charge < -0.3 is 4.57 Å². The van der Waals surface area contributed by atoms with E-state index in [0.29, 0.717) is 0 Å². The lowest BCUT2D eigenvalue weighted by molar-refractivity contribution is 0.811. The molecule has 0 spiro atoms. The smallest absolute Gasteiger partial charge is 0.125 e. The second kappa shape index (κ2) is 6.78. The number of rotatable bonds is 4. The summed E-state index contributed by atoms with van der Waals surface area (Å²) in [5.74, 6) is 1.14. The third-order valence-corrected chi connectivity index (χ3v) is 4.50. The van der Waals surface area contributed by atoms with Gasteiger partial charge in [0.05, 0.1) is 5.92 Å². The van der Waals surface area contributed by atoms with Crippen LogP contribution >= 0.6 is 0 Å². The van der Waals surface area contributed by atoms with Crippen LogP contribution in [0.3, 0.4) is 0 Å². The number of nitrogens with zero attached hydrogens (tertiary/aromatic N) is 2. The molecule has 0 unspecified atom stereocenters. The van der Waals surface area contributed by atoms with Crippen LogP contribution < -0.4 is 0 Å². The first-order valence-corrected chi connectivity index (χ1v) is 8.54. The van der Waals surface area contributed by atoms with Gasteiger partial charge in [-0.1, -0.05) is 78.9 Å². The summed E-state index contributed by atoms with van der Waals surface area (Å²) in [6.45, 7) is 2.11. The molecule has 0 aliphatic carbocycles. The Morgan fingerprint density at radius 3 is 1.68 bits per heavy atom. The predicted octanol–water partition coefficient (Wildman–Crippen LogP) is 5.36. The Balaban J connectivity index is 1.93. The first-order chi connectivity index (χ1) is 12.3. The summed E-state index contributed by atoms with van der Waals surface area (Å²) >= 11 is 0. The maximum atomic E-state index is 4.81. The highest BCUT2D eigenvalue weighted by Crippen LogP contribution is 2.32. The third kappa shape index (κ3) is 2.99. The van der Waals surface area contributed by atoms with Crippen LogP contribution in [-0.2, 0) is 0 Å². The zero-order valence-corrected chi connectivity index (χ0v) is 14.2. The number of para-hydroxylation sites is 1. The molecule has 25 heavy (non-hydrogen) atoms. The normalized spacial score (nSPS) is 11.0. The zero-order valence-electron chi connectivity index (χ0n) is 14.2. The van der Waals surface area contributed by atoms with E-state index in [-0.39, 0.29) is 5.92 Å². The van der Waals surface area contributed by atoms with Crippen molar-refractivity contribution in [3.05, 3.63) is 120 Å². The Bertz CT molecular complexity index is 902. The largest absolute Gasteiger partial charge is 0.300 e. The summed E-state index contributed by atoms with van der Waals surface area (Å²) in [6.07, 6.45) is 1.96. The number of hydrogen-bond donors (Lipinski definition) is 0. The average molecular weight is 324 g/mol. The SMILES string of the molecule is Cc1cnc(C(c2ccccc2)c2ccccc2)n1-c1ccccc1. The summed E-state index contributed by atoms with van der Waals surface area (Å²) in [4.78, 5) is 4.81. The molecular formula is C23H20N2. The van der Waals surface area contributed by atoms with Crippen molar-refractivity contribution in [2.75, 3.05) is 0 Å². The molecule has 0 atom stereocenters. The van der Waals surface area contributed by atoms with Crippen LogP contribution in [0, 0.1) is 6.92 Å². The molecular weight excluding hydrogens is 304 g/mol. The molecule has 2 nitrogen and oxygen atoms in total. The van der Waals surface area contributed by atoms with Gasteiger partial charge in [0.1, 0.15) is 5.82 Å². The Labute approximate surface area is 148 Å². The monoisotopic (exact) mass is 324 g/mol. The van der Waals surface area contributed by atoms with Gasteiger partial charge in [-0.15, -0.1) is 0 Å². The van der Waals surface area contributed by atoms with Gasteiger partial charge in [0, 0.05) is 17.6 Å². The molecule has 3 aromatic carbocycles. The Hall–Kier alpha value is -3.13. The van der Waals surface area contributed by atoms with Crippen molar-refractivity contribution in [1.29, 1.82) is 0 Å². The van der Waals surface area contributed by atoms with Gasteiger partial charge in [0.2, 0.25) is 0 Å². The lowest BCUT2D eigenvalue weighted by Crippen LogP contribution is -2.11. The van der Waals surface area contributed by atoms with Crippen LogP contribution in [0.4, 0.5) is 0 Å². The lowest BCUT2D eigenvalue weighted by atomic mass is 9.90. The third-order valence-electron chi connectivity index (χ3n) is 4.50. The highest BCUT2D eigenvalue weighted by Gasteiger charge is 2.23. The van der Waals surface area contributed by atoms with Crippen molar-refractivity contribution < 1.29 is 0 Å². The molecule has 0 radical (unpaired) electrons. The fourth-order valence-electron chi connectivity index (χ4n) is 3.35. The van der Waals surface area contributed by atoms with Crippen LogP contribution in [0.15, 0.2) is 97.2 Å². The molecule has 0 saturated carbocycles. The van der Waals surface area contributed by atoms with E-state index in [2.05, 4.69) is 96.4 Å². The van der Waals surface area contributed by atoms with Gasteiger partial charge in [0.15, 0.2) is 0 Å². The average Bonchev–Trinajstić information content (AvgIpc) is 3.05. The molecule has 2 heteroatoms. The minimum Gasteiger partial charge on any atom is -0.300 e. The van der Waals surface area contributed by atoms with E-state index in [4.69, 9.17) is 4.98 Å². The number of aromatic nitrogens is 2.